The second kappa shape index (κ2) is 4.74. The van der Waals surface area contributed by atoms with Gasteiger partial charge in [-0.05, 0) is 37.3 Å². The molecule has 0 amide bonds. The number of carbonyl (C=O) groups is 1. The first kappa shape index (κ1) is 11.3. The van der Waals surface area contributed by atoms with Crippen LogP contribution >= 0.6 is 0 Å². The van der Waals surface area contributed by atoms with Crippen LogP contribution in [0.1, 0.15) is 16.1 Å². The van der Waals surface area contributed by atoms with Gasteiger partial charge >= 0.3 is 0 Å². The molecule has 0 spiro atoms. The van der Waals surface area contributed by atoms with Crippen LogP contribution in [-0.4, -0.2) is 23.6 Å². The predicted molar refractivity (Wildman–Crippen MR) is 64.1 cm³/mol. The molecule has 0 fully saturated rings. The summed E-state index contributed by atoms with van der Waals surface area (Å²) in [5, 5.41) is 8.07. The summed E-state index contributed by atoms with van der Waals surface area (Å²) in [5.74, 6) is 0.631. The fourth-order valence-corrected chi connectivity index (χ4v) is 1.51. The molecular formula is C13H12N2O2. The quantitative estimate of drug-likeness (QED) is 0.756. The number of aryl methyl sites for hydroxylation is 1. The van der Waals surface area contributed by atoms with E-state index < -0.39 is 0 Å². The summed E-state index contributed by atoms with van der Waals surface area (Å²) in [6.07, 6.45) is 0.785. The predicted octanol–water partition coefficient (Wildman–Crippen LogP) is 2.27. The van der Waals surface area contributed by atoms with Crippen molar-refractivity contribution >= 4 is 6.29 Å². The number of hydrogen-bond donors (Lipinski definition) is 0. The van der Waals surface area contributed by atoms with Crippen molar-refractivity contribution in [1.82, 2.24) is 10.2 Å². The maximum Gasteiger partial charge on any atom is 0.150 e. The molecule has 0 bridgehead atoms. The van der Waals surface area contributed by atoms with E-state index in [4.69, 9.17) is 4.74 Å². The zero-order valence-electron chi connectivity index (χ0n) is 9.68. The molecule has 17 heavy (non-hydrogen) atoms. The molecule has 2 rings (SSSR count). The van der Waals surface area contributed by atoms with E-state index in [2.05, 4.69) is 10.2 Å². The molecule has 0 aliphatic rings. The first-order valence-electron chi connectivity index (χ1n) is 5.18. The molecule has 0 saturated carbocycles. The summed E-state index contributed by atoms with van der Waals surface area (Å²) in [6, 6.07) is 9.01. The van der Waals surface area contributed by atoms with Crippen molar-refractivity contribution in [3.8, 4) is 17.0 Å². The molecule has 1 heterocycles. The Bertz CT molecular complexity index is 536. The van der Waals surface area contributed by atoms with E-state index in [1.54, 1.807) is 19.2 Å². The topological polar surface area (TPSA) is 52.1 Å². The van der Waals surface area contributed by atoms with Gasteiger partial charge in [-0.2, -0.15) is 10.2 Å². The lowest BCUT2D eigenvalue weighted by Crippen LogP contribution is -1.92. The van der Waals surface area contributed by atoms with Crippen LogP contribution in [0.3, 0.4) is 0 Å². The second-order valence-electron chi connectivity index (χ2n) is 3.67. The van der Waals surface area contributed by atoms with Gasteiger partial charge < -0.3 is 4.74 Å². The molecule has 1 aromatic carbocycles. The third-order valence-electron chi connectivity index (χ3n) is 2.39. The smallest absolute Gasteiger partial charge is 0.150 e. The number of hydrogen-bond acceptors (Lipinski definition) is 4. The van der Waals surface area contributed by atoms with Gasteiger partial charge in [0.1, 0.15) is 12.0 Å². The van der Waals surface area contributed by atoms with Gasteiger partial charge in [0.05, 0.1) is 18.5 Å². The molecule has 0 radical (unpaired) electrons. The fraction of sp³-hybridized carbons (Fsp3) is 0.154. The number of carbonyl (C=O) groups excluding carboxylic acids is 1. The summed E-state index contributed by atoms with van der Waals surface area (Å²) in [7, 11) is 1.56. The third-order valence-corrected chi connectivity index (χ3v) is 2.39. The minimum atomic E-state index is 0.557. The minimum Gasteiger partial charge on any atom is -0.497 e. The van der Waals surface area contributed by atoms with E-state index >= 15 is 0 Å². The number of methoxy groups -OCH3 is 1. The molecule has 0 saturated heterocycles. The molecule has 0 atom stereocenters. The van der Waals surface area contributed by atoms with Gasteiger partial charge in [-0.15, -0.1) is 0 Å². The first-order valence-corrected chi connectivity index (χ1v) is 5.18. The maximum absolute atomic E-state index is 10.8. The number of ether oxygens (including phenoxy) is 1. The van der Waals surface area contributed by atoms with Gasteiger partial charge in [-0.3, -0.25) is 4.79 Å². The molecule has 86 valence electrons. The molecule has 0 N–H and O–H groups in total. The van der Waals surface area contributed by atoms with E-state index in [0.29, 0.717) is 11.3 Å². The van der Waals surface area contributed by atoms with Crippen LogP contribution in [0, 0.1) is 6.92 Å². The molecule has 4 nitrogen and oxygen atoms in total. The molecule has 0 unspecified atom stereocenters. The van der Waals surface area contributed by atoms with Crippen molar-refractivity contribution in [1.29, 1.82) is 0 Å². The van der Waals surface area contributed by atoms with Gasteiger partial charge in [-0.1, -0.05) is 0 Å². The summed E-state index contributed by atoms with van der Waals surface area (Å²) in [4.78, 5) is 10.8. The molecule has 4 heteroatoms. The highest BCUT2D eigenvalue weighted by Gasteiger charge is 2.05. The highest BCUT2D eigenvalue weighted by molar-refractivity contribution is 5.79. The Morgan fingerprint density at radius 1 is 1.18 bits per heavy atom. The van der Waals surface area contributed by atoms with Gasteiger partial charge in [0, 0.05) is 11.1 Å². The second-order valence-corrected chi connectivity index (χ2v) is 3.67. The van der Waals surface area contributed by atoms with E-state index in [9.17, 15) is 4.79 Å². The Morgan fingerprint density at radius 2 is 2.00 bits per heavy atom. The third kappa shape index (κ3) is 2.47. The van der Waals surface area contributed by atoms with Crippen LogP contribution < -0.4 is 4.74 Å². The van der Waals surface area contributed by atoms with Crippen LogP contribution in [0.4, 0.5) is 0 Å². The van der Waals surface area contributed by atoms with Crippen molar-refractivity contribution in [3.05, 3.63) is 41.6 Å². The van der Waals surface area contributed by atoms with Crippen molar-refractivity contribution < 1.29 is 9.53 Å². The Hall–Kier alpha value is -2.23. The van der Waals surface area contributed by atoms with E-state index in [1.807, 2.05) is 25.1 Å². The fourth-order valence-electron chi connectivity index (χ4n) is 1.51. The number of aromatic nitrogens is 2. The summed E-state index contributed by atoms with van der Waals surface area (Å²) in [5.41, 5.74) is 2.95. The molecule has 1 aromatic heterocycles. The van der Waals surface area contributed by atoms with E-state index in [1.165, 1.54) is 0 Å². The Balaban J connectivity index is 2.50. The Kier molecular flexibility index (Phi) is 3.14. The van der Waals surface area contributed by atoms with Crippen molar-refractivity contribution in [3.63, 3.8) is 0 Å². The monoisotopic (exact) mass is 228 g/mol. The van der Waals surface area contributed by atoms with Crippen LogP contribution in [0.2, 0.25) is 0 Å². The van der Waals surface area contributed by atoms with Crippen LogP contribution in [-0.2, 0) is 0 Å². The van der Waals surface area contributed by atoms with Gasteiger partial charge in [0.2, 0.25) is 0 Å². The number of benzene rings is 1. The van der Waals surface area contributed by atoms with Crippen LogP contribution in [0.15, 0.2) is 30.3 Å². The van der Waals surface area contributed by atoms with Crippen molar-refractivity contribution in [2.24, 2.45) is 0 Å². The molecule has 2 aromatic rings. The average molecular weight is 228 g/mol. The standard InChI is InChI=1S/C13H12N2O2/c1-9-3-4-13(15-14-9)11-5-10(8-16)6-12(7-11)17-2/h3-8H,1-2H3. The number of aldehydes is 1. The lowest BCUT2D eigenvalue weighted by atomic mass is 10.1. The first-order chi connectivity index (χ1) is 8.22. The van der Waals surface area contributed by atoms with E-state index in [0.717, 1.165) is 23.2 Å². The Labute approximate surface area is 99.3 Å². The van der Waals surface area contributed by atoms with Gasteiger partial charge in [-0.25, -0.2) is 0 Å². The summed E-state index contributed by atoms with van der Waals surface area (Å²) in [6.45, 7) is 1.87. The number of rotatable bonds is 3. The highest BCUT2D eigenvalue weighted by Crippen LogP contribution is 2.23. The van der Waals surface area contributed by atoms with Gasteiger partial charge in [0.25, 0.3) is 0 Å². The van der Waals surface area contributed by atoms with E-state index in [-0.39, 0.29) is 0 Å². The summed E-state index contributed by atoms with van der Waals surface area (Å²) >= 11 is 0. The van der Waals surface area contributed by atoms with Crippen molar-refractivity contribution in [2.75, 3.05) is 7.11 Å². The van der Waals surface area contributed by atoms with Crippen LogP contribution in [0.25, 0.3) is 11.3 Å². The zero-order valence-corrected chi connectivity index (χ0v) is 9.68. The maximum atomic E-state index is 10.8. The molecule has 0 aliphatic heterocycles. The highest BCUT2D eigenvalue weighted by atomic mass is 16.5. The van der Waals surface area contributed by atoms with Crippen LogP contribution in [0.5, 0.6) is 5.75 Å². The van der Waals surface area contributed by atoms with Gasteiger partial charge in [0.15, 0.2) is 0 Å². The summed E-state index contributed by atoms with van der Waals surface area (Å²) < 4.78 is 5.14. The Morgan fingerprint density at radius 3 is 2.59 bits per heavy atom. The normalized spacial score (nSPS) is 10.0. The lowest BCUT2D eigenvalue weighted by Gasteiger charge is -2.05. The lowest BCUT2D eigenvalue weighted by molar-refractivity contribution is 0.112. The molecule has 0 aliphatic carbocycles. The number of nitrogens with zero attached hydrogens (tertiary/aromatic N) is 2. The largest absolute Gasteiger partial charge is 0.497 e. The average Bonchev–Trinajstić information content (AvgIpc) is 2.39. The molecular weight excluding hydrogens is 216 g/mol. The zero-order chi connectivity index (χ0) is 12.3. The SMILES string of the molecule is COc1cc(C=O)cc(-c2ccc(C)nn2)c1. The minimum absolute atomic E-state index is 0.557. The van der Waals surface area contributed by atoms with Crippen molar-refractivity contribution in [2.45, 2.75) is 6.92 Å².